The summed E-state index contributed by atoms with van der Waals surface area (Å²) in [5.41, 5.74) is -0.921. The SMILES string of the molecule is CC(C)(O)[C@H]1CCC(=O)[C@@H](CO[Si](C)(C)C(C)(C)C)O1. The fourth-order valence-electron chi connectivity index (χ4n) is 1.93. The van der Waals surface area contributed by atoms with Crippen LogP contribution in [0.25, 0.3) is 0 Å². The minimum Gasteiger partial charge on any atom is -0.414 e. The molecule has 0 bridgehead atoms. The van der Waals surface area contributed by atoms with Crippen molar-refractivity contribution in [1.82, 2.24) is 0 Å². The van der Waals surface area contributed by atoms with Gasteiger partial charge in [-0.15, -0.1) is 0 Å². The zero-order chi connectivity index (χ0) is 15.8. The first-order valence-electron chi connectivity index (χ1n) is 7.39. The molecular formula is C15H30O4Si. The van der Waals surface area contributed by atoms with E-state index in [0.717, 1.165) is 0 Å². The number of carbonyl (C=O) groups excluding carboxylic acids is 1. The van der Waals surface area contributed by atoms with Gasteiger partial charge in [0.1, 0.15) is 6.10 Å². The quantitative estimate of drug-likeness (QED) is 0.811. The first kappa shape index (κ1) is 17.8. The lowest BCUT2D eigenvalue weighted by Gasteiger charge is -2.40. The number of carbonyl (C=O) groups is 1. The van der Waals surface area contributed by atoms with Crippen LogP contribution in [0.15, 0.2) is 0 Å². The van der Waals surface area contributed by atoms with Crippen molar-refractivity contribution in [2.45, 2.75) is 83.4 Å². The monoisotopic (exact) mass is 302 g/mol. The first-order chi connectivity index (χ1) is 8.84. The molecule has 5 heteroatoms. The number of ether oxygens (including phenoxy) is 1. The highest BCUT2D eigenvalue weighted by Gasteiger charge is 2.41. The Morgan fingerprint density at radius 2 is 1.85 bits per heavy atom. The molecule has 1 N–H and O–H groups in total. The molecule has 0 radical (unpaired) electrons. The summed E-state index contributed by atoms with van der Waals surface area (Å²) in [5, 5.41) is 10.1. The molecule has 1 heterocycles. The molecule has 2 atom stereocenters. The van der Waals surface area contributed by atoms with Gasteiger partial charge in [-0.05, 0) is 38.4 Å². The number of hydrogen-bond donors (Lipinski definition) is 1. The van der Waals surface area contributed by atoms with Crippen molar-refractivity contribution in [3.05, 3.63) is 0 Å². The second-order valence-electron chi connectivity index (χ2n) is 7.84. The Bertz CT molecular complexity index is 352. The molecule has 0 aromatic rings. The third-order valence-corrected chi connectivity index (χ3v) is 9.03. The molecule has 1 aliphatic heterocycles. The van der Waals surface area contributed by atoms with E-state index in [-0.39, 0.29) is 16.9 Å². The van der Waals surface area contributed by atoms with Crippen molar-refractivity contribution in [2.75, 3.05) is 6.61 Å². The molecule has 0 saturated carbocycles. The Morgan fingerprint density at radius 3 is 2.30 bits per heavy atom. The van der Waals surface area contributed by atoms with E-state index < -0.39 is 20.0 Å². The average Bonchev–Trinajstić information content (AvgIpc) is 2.24. The van der Waals surface area contributed by atoms with Gasteiger partial charge < -0.3 is 14.3 Å². The van der Waals surface area contributed by atoms with Gasteiger partial charge in [0.05, 0.1) is 18.3 Å². The first-order valence-corrected chi connectivity index (χ1v) is 10.3. The molecule has 20 heavy (non-hydrogen) atoms. The van der Waals surface area contributed by atoms with Crippen molar-refractivity contribution >= 4 is 14.1 Å². The molecule has 1 saturated heterocycles. The van der Waals surface area contributed by atoms with Crippen LogP contribution in [0, 0.1) is 0 Å². The molecule has 118 valence electrons. The zero-order valence-corrected chi connectivity index (χ0v) is 14.9. The summed E-state index contributed by atoms with van der Waals surface area (Å²) in [4.78, 5) is 12.0. The van der Waals surface area contributed by atoms with Crippen molar-refractivity contribution in [2.24, 2.45) is 0 Å². The van der Waals surface area contributed by atoms with Gasteiger partial charge in [0.2, 0.25) is 0 Å². The third-order valence-electron chi connectivity index (χ3n) is 4.53. The average molecular weight is 302 g/mol. The third kappa shape index (κ3) is 4.38. The second kappa shape index (κ2) is 5.87. The Balaban J connectivity index is 2.64. The maximum absolute atomic E-state index is 12.0. The van der Waals surface area contributed by atoms with Gasteiger partial charge in [0.25, 0.3) is 0 Å². The molecule has 0 aromatic heterocycles. The molecule has 1 fully saturated rings. The van der Waals surface area contributed by atoms with E-state index in [1.54, 1.807) is 13.8 Å². The largest absolute Gasteiger partial charge is 0.414 e. The van der Waals surface area contributed by atoms with E-state index in [4.69, 9.17) is 9.16 Å². The summed E-state index contributed by atoms with van der Waals surface area (Å²) < 4.78 is 11.8. The molecule has 1 aliphatic rings. The summed E-state index contributed by atoms with van der Waals surface area (Å²) in [6.45, 7) is 14.6. The van der Waals surface area contributed by atoms with Crippen LogP contribution < -0.4 is 0 Å². The summed E-state index contributed by atoms with van der Waals surface area (Å²) in [7, 11) is -1.88. The van der Waals surface area contributed by atoms with Crippen LogP contribution in [0.3, 0.4) is 0 Å². The van der Waals surface area contributed by atoms with E-state index in [1.807, 2.05) is 0 Å². The molecule has 0 amide bonds. The van der Waals surface area contributed by atoms with Crippen LogP contribution in [-0.4, -0.2) is 43.6 Å². The molecular weight excluding hydrogens is 272 g/mol. The number of hydrogen-bond acceptors (Lipinski definition) is 4. The lowest BCUT2D eigenvalue weighted by Crippen LogP contribution is -2.50. The van der Waals surface area contributed by atoms with Gasteiger partial charge in [-0.3, -0.25) is 4.79 Å². The van der Waals surface area contributed by atoms with Crippen molar-refractivity contribution < 1.29 is 19.1 Å². The minimum absolute atomic E-state index is 0.0872. The van der Waals surface area contributed by atoms with Crippen LogP contribution in [0.2, 0.25) is 18.1 Å². The molecule has 0 aliphatic carbocycles. The maximum Gasteiger partial charge on any atom is 0.192 e. The Labute approximate surface area is 124 Å². The van der Waals surface area contributed by atoms with E-state index >= 15 is 0 Å². The highest BCUT2D eigenvalue weighted by atomic mass is 28.4. The number of Topliss-reactive ketones (excluding diaryl/α,β-unsaturated/α-hetero) is 1. The summed E-state index contributed by atoms with van der Waals surface area (Å²) in [5.74, 6) is 0.0872. The van der Waals surface area contributed by atoms with Gasteiger partial charge in [0, 0.05) is 6.42 Å². The van der Waals surface area contributed by atoms with Gasteiger partial charge in [-0.2, -0.15) is 0 Å². The molecule has 1 rings (SSSR count). The molecule has 0 aromatic carbocycles. The fraction of sp³-hybridized carbons (Fsp3) is 0.933. The van der Waals surface area contributed by atoms with Crippen LogP contribution >= 0.6 is 0 Å². The highest BCUT2D eigenvalue weighted by molar-refractivity contribution is 6.74. The normalized spacial score (nSPS) is 25.9. The number of aliphatic hydroxyl groups is 1. The van der Waals surface area contributed by atoms with Crippen LogP contribution in [-0.2, 0) is 14.0 Å². The zero-order valence-electron chi connectivity index (χ0n) is 13.9. The smallest absolute Gasteiger partial charge is 0.192 e. The second-order valence-corrected chi connectivity index (χ2v) is 12.7. The predicted octanol–water partition coefficient (Wildman–Crippen LogP) is 2.90. The molecule has 0 spiro atoms. The lowest BCUT2D eigenvalue weighted by atomic mass is 9.92. The summed E-state index contributed by atoms with van der Waals surface area (Å²) in [6.07, 6.45) is 0.210. The topological polar surface area (TPSA) is 55.8 Å². The Kier molecular flexibility index (Phi) is 5.23. The summed E-state index contributed by atoms with van der Waals surface area (Å²) in [6, 6.07) is 0. The Hall–Kier alpha value is -0.233. The van der Waals surface area contributed by atoms with Crippen molar-refractivity contribution in [1.29, 1.82) is 0 Å². The van der Waals surface area contributed by atoms with E-state index in [9.17, 15) is 9.90 Å². The molecule has 4 nitrogen and oxygen atoms in total. The maximum atomic E-state index is 12.0. The van der Waals surface area contributed by atoms with Gasteiger partial charge in [-0.25, -0.2) is 0 Å². The predicted molar refractivity (Wildman–Crippen MR) is 82.3 cm³/mol. The lowest BCUT2D eigenvalue weighted by molar-refractivity contribution is -0.167. The van der Waals surface area contributed by atoms with Gasteiger partial charge in [0.15, 0.2) is 14.1 Å². The van der Waals surface area contributed by atoms with E-state index in [2.05, 4.69) is 33.9 Å². The number of rotatable bonds is 4. The van der Waals surface area contributed by atoms with Crippen LogP contribution in [0.1, 0.15) is 47.5 Å². The van der Waals surface area contributed by atoms with Crippen molar-refractivity contribution in [3.8, 4) is 0 Å². The van der Waals surface area contributed by atoms with Crippen molar-refractivity contribution in [3.63, 3.8) is 0 Å². The number of ketones is 1. The van der Waals surface area contributed by atoms with Gasteiger partial charge >= 0.3 is 0 Å². The fourth-order valence-corrected chi connectivity index (χ4v) is 2.93. The highest BCUT2D eigenvalue weighted by Crippen LogP contribution is 2.37. The van der Waals surface area contributed by atoms with E-state index in [1.165, 1.54) is 0 Å². The van der Waals surface area contributed by atoms with Crippen LogP contribution in [0.4, 0.5) is 0 Å². The van der Waals surface area contributed by atoms with E-state index in [0.29, 0.717) is 19.4 Å². The summed E-state index contributed by atoms with van der Waals surface area (Å²) >= 11 is 0. The minimum atomic E-state index is -1.88. The standard InChI is InChI=1S/C15H30O4Si/c1-14(2,3)20(6,7)18-10-12-11(16)8-9-13(19-12)15(4,5)17/h12-13,17H,8-10H2,1-7H3/t12-,13-/m1/s1. The van der Waals surface area contributed by atoms with Crippen LogP contribution in [0.5, 0.6) is 0 Å². The molecule has 0 unspecified atom stereocenters. The Morgan fingerprint density at radius 1 is 1.30 bits per heavy atom. The van der Waals surface area contributed by atoms with Gasteiger partial charge in [-0.1, -0.05) is 20.8 Å².